The minimum Gasteiger partial charge on any atom is -0.508 e. The molecule has 8 amide bonds. The Morgan fingerprint density at radius 1 is 0.517 bits per heavy atom. The standard InChI is InChI=1S/C56H89N19O12/c1-32(2)25-42(51(83)70-40(12-8-24-66-56(62)63)50(82)75-45(28-35-29-64-31-68-35)48(80)67-30-46(78)69-41(54(86)87)10-4-6-22-58)73-53(85)44(27-34-15-19-37(77)20-16-34)74-49(81)39(11-7-23-65-55(60)61)71-52(84)43(26-33-13-17-36(76)18-14-33)72-47(79)38(59)9-3-5-21-57/h13-20,29,31-32,38-45,76-77H,3-12,21-28,30,57-59H2,1-2H3,(H,64,68)(H,67,80)(H,69,78)(H,70,83)(H,71,84)(H,72,79)(H,73,85)(H,74,81)(H,75,82)(H,86,87)(H4,60,61,65)(H4,62,63,66)/t38-,39-,40-,41-,42-,43-,44-,45-/m0/s1. The molecular formula is C56H89N19O12. The summed E-state index contributed by atoms with van der Waals surface area (Å²) in [4.78, 5) is 140. The third-order valence-electron chi connectivity index (χ3n) is 13.4. The number of hydrogen-bond acceptors (Lipinski definition) is 17. The van der Waals surface area contributed by atoms with E-state index in [1.54, 1.807) is 26.0 Å². The van der Waals surface area contributed by atoms with E-state index in [0.717, 1.165) is 0 Å². The van der Waals surface area contributed by atoms with Crippen LogP contribution >= 0.6 is 0 Å². The number of carboxylic acid groups (broad SMARTS) is 1. The molecule has 3 rings (SSSR count). The van der Waals surface area contributed by atoms with E-state index in [-0.39, 0.29) is 107 Å². The highest BCUT2D eigenvalue weighted by molar-refractivity contribution is 5.98. The second-order valence-corrected chi connectivity index (χ2v) is 21.3. The summed E-state index contributed by atoms with van der Waals surface area (Å²) in [5.74, 6) is -8.81. The van der Waals surface area contributed by atoms with Crippen LogP contribution in [0.2, 0.25) is 0 Å². The number of carbonyl (C=O) groups excluding carboxylic acids is 8. The molecule has 0 unspecified atom stereocenters. The number of phenolic OH excluding ortho intramolecular Hbond substituents is 2. The van der Waals surface area contributed by atoms with Crippen molar-refractivity contribution in [3.05, 3.63) is 77.9 Å². The van der Waals surface area contributed by atoms with Crippen molar-refractivity contribution in [2.75, 3.05) is 32.7 Å². The van der Waals surface area contributed by atoms with Crippen molar-refractivity contribution in [2.45, 2.75) is 152 Å². The number of carbonyl (C=O) groups is 9. The van der Waals surface area contributed by atoms with Crippen LogP contribution in [0.3, 0.4) is 0 Å². The number of nitrogens with one attached hydrogen (secondary N) is 9. The fraction of sp³-hybridized carbons (Fsp3) is 0.536. The van der Waals surface area contributed by atoms with Crippen molar-refractivity contribution in [2.24, 2.45) is 56.0 Å². The Morgan fingerprint density at radius 3 is 1.37 bits per heavy atom. The Hall–Kier alpha value is -9.10. The van der Waals surface area contributed by atoms with E-state index in [1.807, 2.05) is 0 Å². The normalized spacial score (nSPS) is 13.8. The average molecular weight is 1220 g/mol. The number of aliphatic carboxylic acids is 1. The van der Waals surface area contributed by atoms with Gasteiger partial charge in [0.1, 0.15) is 53.8 Å². The first-order chi connectivity index (χ1) is 41.4. The second-order valence-electron chi connectivity index (χ2n) is 21.3. The van der Waals surface area contributed by atoms with Gasteiger partial charge in [0.25, 0.3) is 0 Å². The Balaban J connectivity index is 2.00. The highest BCUT2D eigenvalue weighted by atomic mass is 16.4. The fourth-order valence-corrected chi connectivity index (χ4v) is 8.79. The Morgan fingerprint density at radius 2 is 0.931 bits per heavy atom. The quantitative estimate of drug-likeness (QED) is 0.0147. The van der Waals surface area contributed by atoms with E-state index in [9.17, 15) is 58.5 Å². The van der Waals surface area contributed by atoms with Crippen molar-refractivity contribution in [1.29, 1.82) is 0 Å². The monoisotopic (exact) mass is 1220 g/mol. The summed E-state index contributed by atoms with van der Waals surface area (Å²) in [5.41, 5.74) is 41.0. The number of carboxylic acids is 1. The summed E-state index contributed by atoms with van der Waals surface area (Å²) in [6.07, 6.45) is 4.68. The maximum Gasteiger partial charge on any atom is 0.326 e. The summed E-state index contributed by atoms with van der Waals surface area (Å²) in [7, 11) is 0. The number of nitrogens with two attached hydrogens (primary N) is 7. The molecule has 0 aliphatic carbocycles. The van der Waals surface area contributed by atoms with Gasteiger partial charge >= 0.3 is 5.97 Å². The molecule has 0 aliphatic rings. The van der Waals surface area contributed by atoms with E-state index in [0.29, 0.717) is 55.6 Å². The molecule has 1 aromatic heterocycles. The smallest absolute Gasteiger partial charge is 0.326 e. The molecule has 3 aromatic rings. The molecule has 0 saturated carbocycles. The van der Waals surface area contributed by atoms with Crippen LogP contribution < -0.4 is 82.7 Å². The van der Waals surface area contributed by atoms with Gasteiger partial charge in [-0.15, -0.1) is 0 Å². The Labute approximate surface area is 504 Å². The van der Waals surface area contributed by atoms with Crippen LogP contribution in [0.15, 0.2) is 71.0 Å². The zero-order valence-electron chi connectivity index (χ0n) is 49.3. The number of H-pyrrole nitrogens is 1. The van der Waals surface area contributed by atoms with Gasteiger partial charge in [0.2, 0.25) is 47.3 Å². The van der Waals surface area contributed by atoms with E-state index in [2.05, 4.69) is 62.5 Å². The van der Waals surface area contributed by atoms with Gasteiger partial charge in [0.05, 0.1) is 18.9 Å². The minimum atomic E-state index is -1.49. The van der Waals surface area contributed by atoms with Crippen molar-refractivity contribution in [1.82, 2.24) is 52.5 Å². The third-order valence-corrected chi connectivity index (χ3v) is 13.4. The summed E-state index contributed by atoms with van der Waals surface area (Å²) in [5, 5.41) is 50.7. The molecule has 0 radical (unpaired) electrons. The number of hydrogen-bond donors (Lipinski definition) is 19. The maximum absolute atomic E-state index is 14.8. The van der Waals surface area contributed by atoms with E-state index < -0.39 is 108 Å². The first-order valence-electron chi connectivity index (χ1n) is 28.8. The van der Waals surface area contributed by atoms with Crippen LogP contribution in [0.25, 0.3) is 0 Å². The number of rotatable bonds is 41. The summed E-state index contributed by atoms with van der Waals surface area (Å²) in [6.45, 7) is 3.61. The lowest BCUT2D eigenvalue weighted by Gasteiger charge is -2.28. The number of unbranched alkanes of at least 4 members (excludes halogenated alkanes) is 2. The highest BCUT2D eigenvalue weighted by Gasteiger charge is 2.35. The number of guanidine groups is 2. The predicted octanol–water partition coefficient (Wildman–Crippen LogP) is -3.82. The number of aromatic hydroxyl groups is 2. The average Bonchev–Trinajstić information content (AvgIpc) is 3.60. The lowest BCUT2D eigenvalue weighted by atomic mass is 9.99. The molecule has 31 nitrogen and oxygen atoms in total. The summed E-state index contributed by atoms with van der Waals surface area (Å²) < 4.78 is 0. The minimum absolute atomic E-state index is 0.0107. The molecule has 8 atom stereocenters. The van der Waals surface area contributed by atoms with Gasteiger partial charge in [-0.1, -0.05) is 44.5 Å². The molecule has 0 bridgehead atoms. The topological polar surface area (TPSA) is 546 Å². The van der Waals surface area contributed by atoms with Gasteiger partial charge in [-0.2, -0.15) is 0 Å². The summed E-state index contributed by atoms with van der Waals surface area (Å²) in [6, 6.07) is 0.944. The Kier molecular flexibility index (Phi) is 32.2. The Bertz CT molecular complexity index is 2720. The first-order valence-corrected chi connectivity index (χ1v) is 28.8. The fourth-order valence-electron chi connectivity index (χ4n) is 8.79. The van der Waals surface area contributed by atoms with Crippen molar-refractivity contribution >= 4 is 65.1 Å². The molecule has 0 spiro atoms. The largest absolute Gasteiger partial charge is 0.508 e. The predicted molar refractivity (Wildman–Crippen MR) is 323 cm³/mol. The lowest BCUT2D eigenvalue weighted by Crippen LogP contribution is -2.60. The van der Waals surface area contributed by atoms with Crippen LogP contribution in [0.1, 0.15) is 101 Å². The van der Waals surface area contributed by atoms with E-state index >= 15 is 0 Å². The van der Waals surface area contributed by atoms with Crippen LogP contribution in [0.4, 0.5) is 0 Å². The molecule has 87 heavy (non-hydrogen) atoms. The molecule has 0 fully saturated rings. The van der Waals surface area contributed by atoms with Gasteiger partial charge in [0, 0.05) is 44.2 Å². The van der Waals surface area contributed by atoms with Gasteiger partial charge in [0.15, 0.2) is 11.9 Å². The number of nitrogens with zero attached hydrogens (tertiary/aromatic N) is 3. The number of aromatic amines is 1. The molecule has 2 aromatic carbocycles. The molecule has 26 N–H and O–H groups in total. The van der Waals surface area contributed by atoms with Crippen LogP contribution in [0.5, 0.6) is 11.5 Å². The number of amides is 8. The van der Waals surface area contributed by atoms with Crippen LogP contribution in [-0.4, -0.2) is 171 Å². The molecule has 1 heterocycles. The zero-order valence-corrected chi connectivity index (χ0v) is 49.3. The van der Waals surface area contributed by atoms with Gasteiger partial charge in [-0.25, -0.2) is 9.78 Å². The van der Waals surface area contributed by atoms with Crippen molar-refractivity contribution in [3.63, 3.8) is 0 Å². The molecular weight excluding hydrogens is 1130 g/mol. The molecule has 0 saturated heterocycles. The number of aliphatic imine (C=N–C) groups is 2. The van der Waals surface area contributed by atoms with Gasteiger partial charge in [-0.3, -0.25) is 48.3 Å². The van der Waals surface area contributed by atoms with E-state index in [4.69, 9.17) is 40.1 Å². The van der Waals surface area contributed by atoms with E-state index in [1.165, 1.54) is 48.9 Å². The SMILES string of the molecule is CC(C)C[C@H](NC(=O)[C@H](Cc1ccc(O)cc1)NC(=O)[C@H](CCCN=C(N)N)NC(=O)[C@H](Cc1ccc(O)cc1)NC(=O)[C@@H](N)CCCCN)C(=O)N[C@@H](CCCN=C(N)N)C(=O)N[C@@H](Cc1cnc[nH]1)C(=O)NCC(=O)N[C@@H](CCCCN)C(=O)O. The molecule has 0 aliphatic heterocycles. The van der Waals surface area contributed by atoms with Gasteiger partial charge < -0.3 is 103 Å². The van der Waals surface area contributed by atoms with Crippen LogP contribution in [-0.2, 0) is 62.4 Å². The van der Waals surface area contributed by atoms with Gasteiger partial charge in [-0.05, 0) is 119 Å². The first kappa shape index (κ1) is 72.2. The molecule has 31 heteroatoms. The van der Waals surface area contributed by atoms with Crippen molar-refractivity contribution < 1.29 is 58.5 Å². The second kappa shape index (κ2) is 38.8. The highest BCUT2D eigenvalue weighted by Crippen LogP contribution is 2.16. The number of aromatic nitrogens is 2. The summed E-state index contributed by atoms with van der Waals surface area (Å²) >= 11 is 0. The maximum atomic E-state index is 14.8. The number of phenols is 2. The number of imidazole rings is 1. The molecule has 480 valence electrons. The third kappa shape index (κ3) is 28.6. The van der Waals surface area contributed by atoms with Crippen LogP contribution in [0, 0.1) is 5.92 Å². The lowest BCUT2D eigenvalue weighted by molar-refractivity contribution is -0.142. The number of benzene rings is 2. The van der Waals surface area contributed by atoms with Crippen molar-refractivity contribution in [3.8, 4) is 11.5 Å². The zero-order chi connectivity index (χ0) is 64.4.